The summed E-state index contributed by atoms with van der Waals surface area (Å²) in [6.07, 6.45) is 0. The highest BCUT2D eigenvalue weighted by atomic mass is 35.5. The van der Waals surface area contributed by atoms with Crippen molar-refractivity contribution in [3.8, 4) is 0 Å². The number of rotatable bonds is 5. The van der Waals surface area contributed by atoms with Gasteiger partial charge in [0.25, 0.3) is 15.9 Å². The lowest BCUT2D eigenvalue weighted by molar-refractivity contribution is -0.122. The predicted molar refractivity (Wildman–Crippen MR) is 81.6 cm³/mol. The summed E-state index contributed by atoms with van der Waals surface area (Å²) in [6, 6.07) is 7.42. The van der Waals surface area contributed by atoms with E-state index in [-0.39, 0.29) is 11.4 Å². The Morgan fingerprint density at radius 1 is 1.27 bits per heavy atom. The standard InChI is InChI=1S/C13H15ClN4O3S/c1-9-7-10(2)18(16-9)8-13(19)15-17-22(20,21)12-5-3-11(14)4-6-12/h3-7,17H,8H2,1-2H3,(H,15,19). The SMILES string of the molecule is Cc1cc(C)n(CC(=O)NNS(=O)(=O)c2ccc(Cl)cc2)n1. The van der Waals surface area contributed by atoms with Gasteiger partial charge in [-0.05, 0) is 44.2 Å². The maximum Gasteiger partial charge on any atom is 0.257 e. The van der Waals surface area contributed by atoms with Crippen LogP contribution in [0.25, 0.3) is 0 Å². The summed E-state index contributed by atoms with van der Waals surface area (Å²) in [5, 5.41) is 4.55. The number of hydrazine groups is 1. The third kappa shape index (κ3) is 4.06. The second-order valence-corrected chi connectivity index (χ2v) is 6.81. The lowest BCUT2D eigenvalue weighted by Crippen LogP contribution is -2.43. The number of hydrogen-bond donors (Lipinski definition) is 2. The number of carbonyl (C=O) groups excluding carboxylic acids is 1. The molecule has 0 fully saturated rings. The topological polar surface area (TPSA) is 93.1 Å². The van der Waals surface area contributed by atoms with Crippen LogP contribution in [0.5, 0.6) is 0 Å². The van der Waals surface area contributed by atoms with Crippen LogP contribution in [0.1, 0.15) is 11.4 Å². The lowest BCUT2D eigenvalue weighted by atomic mass is 10.4. The van der Waals surface area contributed by atoms with E-state index in [1.165, 1.54) is 28.9 Å². The van der Waals surface area contributed by atoms with Crippen LogP contribution in [0.15, 0.2) is 35.2 Å². The highest BCUT2D eigenvalue weighted by Gasteiger charge is 2.15. The van der Waals surface area contributed by atoms with E-state index in [0.29, 0.717) is 5.02 Å². The van der Waals surface area contributed by atoms with E-state index in [1.54, 1.807) is 0 Å². The zero-order valence-electron chi connectivity index (χ0n) is 12.0. The highest BCUT2D eigenvalue weighted by molar-refractivity contribution is 7.89. The first-order chi connectivity index (χ1) is 10.3. The molecule has 0 unspecified atom stereocenters. The molecule has 0 aliphatic rings. The number of benzene rings is 1. The van der Waals surface area contributed by atoms with Crippen LogP contribution in [0.3, 0.4) is 0 Å². The van der Waals surface area contributed by atoms with E-state index in [4.69, 9.17) is 11.6 Å². The molecule has 7 nitrogen and oxygen atoms in total. The van der Waals surface area contributed by atoms with Crippen molar-refractivity contribution >= 4 is 27.5 Å². The summed E-state index contributed by atoms with van der Waals surface area (Å²) < 4.78 is 25.4. The summed E-state index contributed by atoms with van der Waals surface area (Å²) in [6.45, 7) is 3.54. The van der Waals surface area contributed by atoms with Crippen molar-refractivity contribution < 1.29 is 13.2 Å². The van der Waals surface area contributed by atoms with Gasteiger partial charge in [0.2, 0.25) is 0 Å². The Labute approximate surface area is 133 Å². The number of carbonyl (C=O) groups is 1. The summed E-state index contributed by atoms with van der Waals surface area (Å²) in [5.41, 5.74) is 3.75. The van der Waals surface area contributed by atoms with Gasteiger partial charge in [-0.2, -0.15) is 5.10 Å². The first-order valence-corrected chi connectivity index (χ1v) is 8.21. The predicted octanol–water partition coefficient (Wildman–Crippen LogP) is 1.16. The second-order valence-electron chi connectivity index (χ2n) is 4.69. The third-order valence-electron chi connectivity index (χ3n) is 2.85. The number of hydrogen-bond acceptors (Lipinski definition) is 4. The normalized spacial score (nSPS) is 11.4. The Kier molecular flexibility index (Phi) is 4.84. The molecule has 1 aromatic carbocycles. The van der Waals surface area contributed by atoms with E-state index in [1.807, 2.05) is 24.7 Å². The van der Waals surface area contributed by atoms with Crippen LogP contribution in [0.2, 0.25) is 5.02 Å². The molecule has 118 valence electrons. The van der Waals surface area contributed by atoms with E-state index >= 15 is 0 Å². The Morgan fingerprint density at radius 3 is 2.45 bits per heavy atom. The van der Waals surface area contributed by atoms with Gasteiger partial charge in [-0.15, -0.1) is 4.83 Å². The minimum atomic E-state index is -3.84. The number of halogens is 1. The molecule has 22 heavy (non-hydrogen) atoms. The maximum absolute atomic E-state index is 12.0. The van der Waals surface area contributed by atoms with E-state index in [0.717, 1.165) is 11.4 Å². The quantitative estimate of drug-likeness (QED) is 0.797. The molecule has 0 saturated carbocycles. The largest absolute Gasteiger partial charge is 0.276 e. The van der Waals surface area contributed by atoms with Gasteiger partial charge in [-0.3, -0.25) is 14.9 Å². The molecule has 0 aliphatic heterocycles. The minimum absolute atomic E-state index is 0.00307. The fourth-order valence-corrected chi connectivity index (χ4v) is 2.79. The molecule has 0 radical (unpaired) electrons. The Morgan fingerprint density at radius 2 is 1.91 bits per heavy atom. The fourth-order valence-electron chi connectivity index (χ4n) is 1.81. The van der Waals surface area contributed by atoms with Crippen LogP contribution >= 0.6 is 11.6 Å². The summed E-state index contributed by atoms with van der Waals surface area (Å²) in [5.74, 6) is -0.524. The molecule has 2 aromatic rings. The van der Waals surface area contributed by atoms with Gasteiger partial charge in [0.05, 0.1) is 10.6 Å². The van der Waals surface area contributed by atoms with Crippen LogP contribution < -0.4 is 10.3 Å². The Hall–Kier alpha value is -1.90. The number of aromatic nitrogens is 2. The molecule has 1 heterocycles. The van der Waals surface area contributed by atoms with Crippen molar-refractivity contribution in [2.24, 2.45) is 0 Å². The molecule has 2 N–H and O–H groups in total. The number of amides is 1. The van der Waals surface area contributed by atoms with Gasteiger partial charge in [0.1, 0.15) is 6.54 Å². The minimum Gasteiger partial charge on any atom is -0.276 e. The van der Waals surface area contributed by atoms with E-state index in [9.17, 15) is 13.2 Å². The monoisotopic (exact) mass is 342 g/mol. The highest BCUT2D eigenvalue weighted by Crippen LogP contribution is 2.13. The van der Waals surface area contributed by atoms with Gasteiger partial charge in [-0.25, -0.2) is 8.42 Å². The molecule has 1 aromatic heterocycles. The molecular formula is C13H15ClN4O3S. The zero-order valence-corrected chi connectivity index (χ0v) is 13.6. The van der Waals surface area contributed by atoms with Crippen LogP contribution in [-0.4, -0.2) is 24.1 Å². The van der Waals surface area contributed by atoms with E-state index < -0.39 is 15.9 Å². The van der Waals surface area contributed by atoms with Gasteiger partial charge < -0.3 is 0 Å². The molecular weight excluding hydrogens is 328 g/mol. The summed E-state index contributed by atoms with van der Waals surface area (Å²) in [7, 11) is -3.84. The van der Waals surface area contributed by atoms with Crippen molar-refractivity contribution in [2.75, 3.05) is 0 Å². The first-order valence-electron chi connectivity index (χ1n) is 6.35. The van der Waals surface area contributed by atoms with Crippen LogP contribution in [-0.2, 0) is 21.4 Å². The maximum atomic E-state index is 12.0. The number of nitrogens with zero attached hydrogens (tertiary/aromatic N) is 2. The van der Waals surface area contributed by atoms with Crippen LogP contribution in [0.4, 0.5) is 0 Å². The first kappa shape index (κ1) is 16.5. The molecule has 1 amide bonds. The van der Waals surface area contributed by atoms with Crippen molar-refractivity contribution in [1.82, 2.24) is 20.0 Å². The lowest BCUT2D eigenvalue weighted by Gasteiger charge is -2.09. The van der Waals surface area contributed by atoms with Crippen molar-refractivity contribution in [1.29, 1.82) is 0 Å². The number of nitrogens with one attached hydrogen (secondary N) is 2. The van der Waals surface area contributed by atoms with E-state index in [2.05, 4.69) is 10.5 Å². The van der Waals surface area contributed by atoms with Gasteiger partial charge in [0, 0.05) is 10.7 Å². The molecule has 0 spiro atoms. The van der Waals surface area contributed by atoms with Gasteiger partial charge in [0.15, 0.2) is 0 Å². The molecule has 0 saturated heterocycles. The molecule has 0 bridgehead atoms. The Balaban J connectivity index is 1.98. The average Bonchev–Trinajstić information content (AvgIpc) is 2.75. The number of sulfonamides is 1. The molecule has 9 heteroatoms. The number of aryl methyl sites for hydroxylation is 2. The van der Waals surface area contributed by atoms with Crippen molar-refractivity contribution in [3.05, 3.63) is 46.7 Å². The van der Waals surface area contributed by atoms with Crippen molar-refractivity contribution in [2.45, 2.75) is 25.3 Å². The molecule has 2 rings (SSSR count). The molecule has 0 aliphatic carbocycles. The van der Waals surface area contributed by atoms with Gasteiger partial charge >= 0.3 is 0 Å². The Bertz CT molecular complexity index is 784. The molecule has 0 atom stereocenters. The smallest absolute Gasteiger partial charge is 0.257 e. The average molecular weight is 343 g/mol. The third-order valence-corrected chi connectivity index (χ3v) is 4.36. The van der Waals surface area contributed by atoms with Crippen molar-refractivity contribution in [3.63, 3.8) is 0 Å². The van der Waals surface area contributed by atoms with Gasteiger partial charge in [-0.1, -0.05) is 11.6 Å². The summed E-state index contributed by atoms with van der Waals surface area (Å²) >= 11 is 5.70. The fraction of sp³-hybridized carbons (Fsp3) is 0.231. The summed E-state index contributed by atoms with van der Waals surface area (Å²) in [4.78, 5) is 13.8. The van der Waals surface area contributed by atoms with Crippen LogP contribution in [0, 0.1) is 13.8 Å². The second kappa shape index (κ2) is 6.47. The zero-order chi connectivity index (χ0) is 16.3.